The van der Waals surface area contributed by atoms with Crippen molar-refractivity contribution in [2.24, 2.45) is 0 Å². The molecule has 0 aliphatic carbocycles. The first-order valence-corrected chi connectivity index (χ1v) is 7.29. The molecule has 3 aromatic rings. The fourth-order valence-electron chi connectivity index (χ4n) is 2.53. The van der Waals surface area contributed by atoms with Crippen molar-refractivity contribution < 1.29 is 4.79 Å². The lowest BCUT2D eigenvalue weighted by molar-refractivity contribution is 0.0994. The number of ketones is 1. The van der Waals surface area contributed by atoms with Crippen molar-refractivity contribution in [2.75, 3.05) is 0 Å². The molecule has 0 aliphatic rings. The Morgan fingerprint density at radius 1 is 1.00 bits per heavy atom. The highest BCUT2D eigenvalue weighted by Gasteiger charge is 2.12. The quantitative estimate of drug-likeness (QED) is 0.605. The standard InChI is InChI=1S/C19H15ClO/c1-13-9-10-15(18(20)11-13)12-19(21)17-8-4-6-14-5-2-3-7-16(14)17/h2-11H,12H2,1H3. The third kappa shape index (κ3) is 2.84. The topological polar surface area (TPSA) is 17.1 Å². The number of rotatable bonds is 3. The van der Waals surface area contributed by atoms with Crippen LogP contribution in [-0.2, 0) is 6.42 Å². The van der Waals surface area contributed by atoms with Crippen LogP contribution >= 0.6 is 11.6 Å². The van der Waals surface area contributed by atoms with Crippen LogP contribution in [0.2, 0.25) is 5.02 Å². The van der Waals surface area contributed by atoms with E-state index in [9.17, 15) is 4.79 Å². The number of carbonyl (C=O) groups excluding carboxylic acids is 1. The van der Waals surface area contributed by atoms with E-state index < -0.39 is 0 Å². The molecule has 3 aromatic carbocycles. The molecule has 0 aliphatic heterocycles. The highest BCUT2D eigenvalue weighted by molar-refractivity contribution is 6.31. The molecule has 0 spiro atoms. The maximum atomic E-state index is 12.6. The van der Waals surface area contributed by atoms with Crippen molar-refractivity contribution >= 4 is 28.2 Å². The molecule has 0 unspecified atom stereocenters. The first-order chi connectivity index (χ1) is 10.1. The molecule has 0 saturated carbocycles. The van der Waals surface area contributed by atoms with Gasteiger partial charge in [0.25, 0.3) is 0 Å². The second-order valence-corrected chi connectivity index (χ2v) is 5.63. The Hall–Kier alpha value is -2.12. The van der Waals surface area contributed by atoms with Crippen LogP contribution in [-0.4, -0.2) is 5.78 Å². The van der Waals surface area contributed by atoms with Crippen LogP contribution in [0.15, 0.2) is 60.7 Å². The molecule has 0 bridgehead atoms. The Kier molecular flexibility index (Phi) is 3.76. The summed E-state index contributed by atoms with van der Waals surface area (Å²) in [6.07, 6.45) is 0.327. The van der Waals surface area contributed by atoms with Crippen LogP contribution in [0.5, 0.6) is 0 Å². The van der Waals surface area contributed by atoms with Crippen LogP contribution in [0.3, 0.4) is 0 Å². The number of halogens is 1. The lowest BCUT2D eigenvalue weighted by Crippen LogP contribution is -2.05. The number of hydrogen-bond donors (Lipinski definition) is 0. The SMILES string of the molecule is Cc1ccc(CC(=O)c2cccc3ccccc23)c(Cl)c1. The van der Waals surface area contributed by atoms with Gasteiger partial charge >= 0.3 is 0 Å². The minimum Gasteiger partial charge on any atom is -0.294 e. The van der Waals surface area contributed by atoms with Gasteiger partial charge in [0.1, 0.15) is 0 Å². The number of benzene rings is 3. The first-order valence-electron chi connectivity index (χ1n) is 6.91. The van der Waals surface area contributed by atoms with E-state index in [1.165, 1.54) is 0 Å². The summed E-state index contributed by atoms with van der Waals surface area (Å²) in [7, 11) is 0. The van der Waals surface area contributed by atoms with Gasteiger partial charge in [-0.1, -0.05) is 66.2 Å². The number of Topliss-reactive ketones (excluding diaryl/α,β-unsaturated/α-hetero) is 1. The van der Waals surface area contributed by atoms with E-state index in [-0.39, 0.29) is 5.78 Å². The zero-order valence-corrected chi connectivity index (χ0v) is 12.5. The van der Waals surface area contributed by atoms with Crippen molar-refractivity contribution in [3.8, 4) is 0 Å². The van der Waals surface area contributed by atoms with Crippen LogP contribution < -0.4 is 0 Å². The number of fused-ring (bicyclic) bond motifs is 1. The van der Waals surface area contributed by atoms with Crippen LogP contribution in [0, 0.1) is 6.92 Å². The zero-order valence-electron chi connectivity index (χ0n) is 11.8. The first kappa shape index (κ1) is 13.8. The minimum absolute atomic E-state index is 0.0950. The smallest absolute Gasteiger partial charge is 0.167 e. The van der Waals surface area contributed by atoms with Crippen molar-refractivity contribution in [1.29, 1.82) is 0 Å². The normalized spacial score (nSPS) is 10.8. The highest BCUT2D eigenvalue weighted by Crippen LogP contribution is 2.23. The van der Waals surface area contributed by atoms with Crippen molar-refractivity contribution in [3.63, 3.8) is 0 Å². The summed E-state index contributed by atoms with van der Waals surface area (Å²) >= 11 is 6.23. The van der Waals surface area contributed by atoms with Gasteiger partial charge in [-0.3, -0.25) is 4.79 Å². The maximum absolute atomic E-state index is 12.6. The molecule has 3 rings (SSSR count). The lowest BCUT2D eigenvalue weighted by atomic mass is 9.97. The van der Waals surface area contributed by atoms with E-state index in [0.29, 0.717) is 11.4 Å². The van der Waals surface area contributed by atoms with Gasteiger partial charge in [-0.05, 0) is 34.9 Å². The molecule has 0 amide bonds. The largest absolute Gasteiger partial charge is 0.294 e. The third-order valence-corrected chi connectivity index (χ3v) is 4.00. The average Bonchev–Trinajstić information content (AvgIpc) is 2.49. The molecule has 2 heteroatoms. The van der Waals surface area contributed by atoms with E-state index in [4.69, 9.17) is 11.6 Å². The number of hydrogen-bond acceptors (Lipinski definition) is 1. The molecule has 0 atom stereocenters. The average molecular weight is 295 g/mol. The summed E-state index contributed by atoms with van der Waals surface area (Å²) in [4.78, 5) is 12.6. The van der Waals surface area contributed by atoms with E-state index in [1.807, 2.05) is 67.6 Å². The molecule has 0 radical (unpaired) electrons. The Morgan fingerprint density at radius 2 is 1.76 bits per heavy atom. The highest BCUT2D eigenvalue weighted by atomic mass is 35.5. The third-order valence-electron chi connectivity index (χ3n) is 3.65. The van der Waals surface area contributed by atoms with Gasteiger partial charge in [0.15, 0.2) is 5.78 Å². The Labute approximate surface area is 129 Å². The van der Waals surface area contributed by atoms with E-state index in [1.54, 1.807) is 0 Å². The monoisotopic (exact) mass is 294 g/mol. The Bertz CT molecular complexity index is 815. The van der Waals surface area contributed by atoms with Crippen LogP contribution in [0.1, 0.15) is 21.5 Å². The van der Waals surface area contributed by atoms with E-state index in [2.05, 4.69) is 0 Å². The lowest BCUT2D eigenvalue weighted by Gasteiger charge is -2.08. The molecule has 0 heterocycles. The molecule has 0 aromatic heterocycles. The van der Waals surface area contributed by atoms with Gasteiger partial charge in [-0.25, -0.2) is 0 Å². The molecule has 0 N–H and O–H groups in total. The second kappa shape index (κ2) is 5.71. The fraction of sp³-hybridized carbons (Fsp3) is 0.105. The van der Waals surface area contributed by atoms with E-state index >= 15 is 0 Å². The molecule has 0 fully saturated rings. The van der Waals surface area contributed by atoms with Gasteiger partial charge in [0.05, 0.1) is 0 Å². The maximum Gasteiger partial charge on any atom is 0.167 e. The predicted octanol–water partition coefficient (Wildman–Crippen LogP) is 5.23. The summed E-state index contributed by atoms with van der Waals surface area (Å²) < 4.78 is 0. The van der Waals surface area contributed by atoms with Crippen LogP contribution in [0.4, 0.5) is 0 Å². The van der Waals surface area contributed by atoms with E-state index in [0.717, 1.165) is 27.5 Å². The Balaban J connectivity index is 1.97. The van der Waals surface area contributed by atoms with Crippen molar-refractivity contribution in [1.82, 2.24) is 0 Å². The summed E-state index contributed by atoms with van der Waals surface area (Å²) in [6, 6.07) is 19.6. The van der Waals surface area contributed by atoms with Gasteiger partial charge in [0.2, 0.25) is 0 Å². The molecular formula is C19H15ClO. The molecule has 21 heavy (non-hydrogen) atoms. The summed E-state index contributed by atoms with van der Waals surface area (Å²) in [5.41, 5.74) is 2.73. The van der Waals surface area contributed by atoms with Crippen LogP contribution in [0.25, 0.3) is 10.8 Å². The number of aryl methyl sites for hydroxylation is 1. The molecule has 0 saturated heterocycles. The molecular weight excluding hydrogens is 280 g/mol. The number of carbonyl (C=O) groups is 1. The Morgan fingerprint density at radius 3 is 2.57 bits per heavy atom. The minimum atomic E-state index is 0.0950. The van der Waals surface area contributed by atoms with Gasteiger partial charge in [0, 0.05) is 17.0 Å². The van der Waals surface area contributed by atoms with Gasteiger partial charge in [-0.2, -0.15) is 0 Å². The van der Waals surface area contributed by atoms with Gasteiger partial charge in [-0.15, -0.1) is 0 Å². The summed E-state index contributed by atoms with van der Waals surface area (Å²) in [5, 5.41) is 2.73. The van der Waals surface area contributed by atoms with Gasteiger partial charge < -0.3 is 0 Å². The van der Waals surface area contributed by atoms with Crippen molar-refractivity contribution in [2.45, 2.75) is 13.3 Å². The summed E-state index contributed by atoms with van der Waals surface area (Å²) in [6.45, 7) is 1.99. The molecule has 1 nitrogen and oxygen atoms in total. The second-order valence-electron chi connectivity index (χ2n) is 5.22. The van der Waals surface area contributed by atoms with Crippen molar-refractivity contribution in [3.05, 3.63) is 82.4 Å². The fourth-order valence-corrected chi connectivity index (χ4v) is 2.83. The summed E-state index contributed by atoms with van der Waals surface area (Å²) in [5.74, 6) is 0.0950. The molecule has 104 valence electrons. The zero-order chi connectivity index (χ0) is 14.8. The predicted molar refractivity (Wildman–Crippen MR) is 88.2 cm³/mol.